The number of rotatable bonds is 2. The van der Waals surface area contributed by atoms with E-state index >= 15 is 0 Å². The van der Waals surface area contributed by atoms with Crippen LogP contribution in [0.25, 0.3) is 11.4 Å². The molecule has 1 aromatic carbocycles. The van der Waals surface area contributed by atoms with Crippen LogP contribution >= 0.6 is 0 Å². The number of benzene rings is 1. The Labute approximate surface area is 138 Å². The molecule has 3 heterocycles. The Hall–Kier alpha value is -3.03. The number of fused-ring (bicyclic) bond motifs is 1. The molecule has 1 amide bonds. The summed E-state index contributed by atoms with van der Waals surface area (Å²) in [5, 5.41) is 13.9. The first-order valence-corrected chi connectivity index (χ1v) is 7.78. The molecule has 1 N–H and O–H groups in total. The fraction of sp³-hybridized carbons (Fsp3) is 0.312. The zero-order chi connectivity index (χ0) is 16.7. The number of aryl methyl sites for hydroxylation is 2. The van der Waals surface area contributed by atoms with Crippen LogP contribution in [-0.2, 0) is 13.1 Å². The quantitative estimate of drug-likeness (QED) is 0.768. The summed E-state index contributed by atoms with van der Waals surface area (Å²) >= 11 is 0. The second kappa shape index (κ2) is 5.55. The van der Waals surface area contributed by atoms with Crippen molar-refractivity contribution in [2.24, 2.45) is 0 Å². The Bertz CT molecular complexity index is 897. The number of nitrogens with one attached hydrogen (secondary N) is 1. The molecule has 0 saturated carbocycles. The molecule has 0 radical (unpaired) electrons. The molecule has 3 aromatic rings. The number of carbonyl (C=O) groups excluding carboxylic acids is 1. The number of amides is 1. The van der Waals surface area contributed by atoms with E-state index < -0.39 is 0 Å². The molecule has 1 aliphatic rings. The van der Waals surface area contributed by atoms with Gasteiger partial charge in [0, 0.05) is 30.4 Å². The molecule has 122 valence electrons. The van der Waals surface area contributed by atoms with Crippen LogP contribution in [0, 0.1) is 13.8 Å². The summed E-state index contributed by atoms with van der Waals surface area (Å²) in [6.45, 7) is 5.90. The molecular formula is C16H17N7O. The highest BCUT2D eigenvalue weighted by molar-refractivity contribution is 5.96. The van der Waals surface area contributed by atoms with E-state index in [-0.39, 0.29) is 5.91 Å². The molecule has 0 aliphatic carbocycles. The molecule has 24 heavy (non-hydrogen) atoms. The maximum Gasteiger partial charge on any atom is 0.254 e. The highest BCUT2D eigenvalue weighted by atomic mass is 16.2. The molecule has 0 spiro atoms. The van der Waals surface area contributed by atoms with Gasteiger partial charge in [0.25, 0.3) is 5.91 Å². The molecule has 0 fully saturated rings. The van der Waals surface area contributed by atoms with Gasteiger partial charge in [0.1, 0.15) is 5.82 Å². The van der Waals surface area contributed by atoms with Crippen molar-refractivity contribution in [1.82, 2.24) is 35.1 Å². The first kappa shape index (κ1) is 14.6. The Morgan fingerprint density at radius 2 is 2.12 bits per heavy atom. The van der Waals surface area contributed by atoms with Crippen molar-refractivity contribution >= 4 is 5.91 Å². The summed E-state index contributed by atoms with van der Waals surface area (Å²) in [4.78, 5) is 19.2. The van der Waals surface area contributed by atoms with E-state index in [4.69, 9.17) is 0 Å². The second-order valence-electron chi connectivity index (χ2n) is 5.98. The van der Waals surface area contributed by atoms with Gasteiger partial charge in [0.05, 0.1) is 12.2 Å². The summed E-state index contributed by atoms with van der Waals surface area (Å²) in [5.41, 5.74) is 3.41. The monoisotopic (exact) mass is 323 g/mol. The minimum atomic E-state index is 0.0269. The number of hydrogen-bond acceptors (Lipinski definition) is 5. The van der Waals surface area contributed by atoms with Crippen LogP contribution < -0.4 is 0 Å². The van der Waals surface area contributed by atoms with Gasteiger partial charge < -0.3 is 9.47 Å². The number of tetrazole rings is 1. The van der Waals surface area contributed by atoms with E-state index in [9.17, 15) is 4.79 Å². The molecule has 0 saturated heterocycles. The first-order valence-electron chi connectivity index (χ1n) is 7.78. The molecule has 2 aromatic heterocycles. The number of nitrogens with zero attached hydrogens (tertiary/aromatic N) is 6. The highest BCUT2D eigenvalue weighted by Crippen LogP contribution is 2.21. The van der Waals surface area contributed by atoms with E-state index in [1.165, 1.54) is 0 Å². The van der Waals surface area contributed by atoms with Crippen molar-refractivity contribution in [3.63, 3.8) is 0 Å². The van der Waals surface area contributed by atoms with Gasteiger partial charge in [0.15, 0.2) is 0 Å². The smallest absolute Gasteiger partial charge is 0.254 e. The SMILES string of the molecule is Cc1cn2c(n1)CN(C(=O)c1ccc(-c3nn[nH]n3)cc1C)CC2. The molecule has 4 rings (SSSR count). The predicted molar refractivity (Wildman–Crippen MR) is 86.1 cm³/mol. The Balaban J connectivity index is 1.59. The van der Waals surface area contributed by atoms with E-state index in [1.54, 1.807) is 0 Å². The fourth-order valence-electron chi connectivity index (χ4n) is 3.07. The maximum atomic E-state index is 12.9. The second-order valence-corrected chi connectivity index (χ2v) is 5.98. The number of carbonyl (C=O) groups is 1. The summed E-state index contributed by atoms with van der Waals surface area (Å²) in [6.07, 6.45) is 2.03. The number of hydrogen-bond donors (Lipinski definition) is 1. The average Bonchev–Trinajstić information content (AvgIpc) is 3.21. The molecule has 0 unspecified atom stereocenters. The van der Waals surface area contributed by atoms with Crippen molar-refractivity contribution < 1.29 is 4.79 Å². The lowest BCUT2D eigenvalue weighted by atomic mass is 10.0. The Morgan fingerprint density at radius 1 is 1.25 bits per heavy atom. The van der Waals surface area contributed by atoms with Crippen LogP contribution in [0.3, 0.4) is 0 Å². The normalized spacial score (nSPS) is 13.8. The third-order valence-corrected chi connectivity index (χ3v) is 4.27. The van der Waals surface area contributed by atoms with Crippen LogP contribution in [0.4, 0.5) is 0 Å². The van der Waals surface area contributed by atoms with E-state index in [0.717, 1.165) is 29.2 Å². The standard InChI is InChI=1S/C16H17N7O/c1-10-7-12(15-18-20-21-19-15)3-4-13(10)16(24)23-6-5-22-8-11(2)17-14(22)9-23/h3-4,7-8H,5-6,9H2,1-2H3,(H,18,19,20,21). The Morgan fingerprint density at radius 3 is 2.88 bits per heavy atom. The van der Waals surface area contributed by atoms with Gasteiger partial charge in [-0.2, -0.15) is 5.21 Å². The van der Waals surface area contributed by atoms with Gasteiger partial charge in [0.2, 0.25) is 5.82 Å². The number of aromatic nitrogens is 6. The lowest BCUT2D eigenvalue weighted by molar-refractivity contribution is 0.0707. The third kappa shape index (κ3) is 2.45. The molecule has 0 atom stereocenters. The van der Waals surface area contributed by atoms with Crippen molar-refractivity contribution in [2.75, 3.05) is 6.54 Å². The lowest BCUT2D eigenvalue weighted by Gasteiger charge is -2.28. The highest BCUT2D eigenvalue weighted by Gasteiger charge is 2.24. The first-order chi connectivity index (χ1) is 11.6. The molecule has 1 aliphatic heterocycles. The fourth-order valence-corrected chi connectivity index (χ4v) is 3.07. The van der Waals surface area contributed by atoms with Gasteiger partial charge in [-0.3, -0.25) is 4.79 Å². The number of H-pyrrole nitrogens is 1. The van der Waals surface area contributed by atoms with Gasteiger partial charge in [-0.05, 0) is 36.8 Å². The van der Waals surface area contributed by atoms with Crippen molar-refractivity contribution in [3.05, 3.63) is 47.0 Å². The van der Waals surface area contributed by atoms with Crippen LogP contribution in [0.2, 0.25) is 0 Å². The predicted octanol–water partition coefficient (Wildman–Crippen LogP) is 1.34. The van der Waals surface area contributed by atoms with Crippen LogP contribution in [-0.4, -0.2) is 47.5 Å². The number of imidazole rings is 1. The summed E-state index contributed by atoms with van der Waals surface area (Å²) in [5.74, 6) is 1.49. The minimum absolute atomic E-state index is 0.0269. The average molecular weight is 323 g/mol. The van der Waals surface area contributed by atoms with E-state index in [0.29, 0.717) is 24.5 Å². The molecule has 8 nitrogen and oxygen atoms in total. The summed E-state index contributed by atoms with van der Waals surface area (Å²) < 4.78 is 2.12. The molecular weight excluding hydrogens is 306 g/mol. The Kier molecular flexibility index (Phi) is 3.37. The van der Waals surface area contributed by atoms with Crippen molar-refractivity contribution in [1.29, 1.82) is 0 Å². The van der Waals surface area contributed by atoms with Crippen molar-refractivity contribution in [2.45, 2.75) is 26.9 Å². The van der Waals surface area contributed by atoms with Gasteiger partial charge in [-0.1, -0.05) is 6.07 Å². The largest absolute Gasteiger partial charge is 0.331 e. The molecule has 0 bridgehead atoms. The van der Waals surface area contributed by atoms with Gasteiger partial charge in [-0.15, -0.1) is 10.2 Å². The van der Waals surface area contributed by atoms with E-state index in [1.807, 2.05) is 43.1 Å². The zero-order valence-corrected chi connectivity index (χ0v) is 13.5. The van der Waals surface area contributed by atoms with Crippen LogP contribution in [0.1, 0.15) is 27.4 Å². The topological polar surface area (TPSA) is 92.6 Å². The third-order valence-electron chi connectivity index (χ3n) is 4.27. The summed E-state index contributed by atoms with van der Waals surface area (Å²) in [7, 11) is 0. The number of aromatic amines is 1. The van der Waals surface area contributed by atoms with E-state index in [2.05, 4.69) is 30.2 Å². The minimum Gasteiger partial charge on any atom is -0.331 e. The van der Waals surface area contributed by atoms with Gasteiger partial charge >= 0.3 is 0 Å². The zero-order valence-electron chi connectivity index (χ0n) is 13.5. The van der Waals surface area contributed by atoms with Crippen LogP contribution in [0.15, 0.2) is 24.4 Å². The van der Waals surface area contributed by atoms with Gasteiger partial charge in [-0.25, -0.2) is 4.98 Å². The lowest BCUT2D eigenvalue weighted by Crippen LogP contribution is -2.38. The summed E-state index contributed by atoms with van der Waals surface area (Å²) in [6, 6.07) is 5.59. The molecule has 8 heteroatoms. The van der Waals surface area contributed by atoms with Crippen molar-refractivity contribution in [3.8, 4) is 11.4 Å². The van der Waals surface area contributed by atoms with Crippen LogP contribution in [0.5, 0.6) is 0 Å². The maximum absolute atomic E-state index is 12.9.